The van der Waals surface area contributed by atoms with Crippen LogP contribution in [0.15, 0.2) is 11.6 Å². The Hall–Kier alpha value is -1.03. The third-order valence-corrected chi connectivity index (χ3v) is 1.35. The SMILES string of the molecule is C/C(=C\CNC(=O)OC(C)(C)C)CO. The maximum Gasteiger partial charge on any atom is 0.407 e. The molecule has 0 atom stereocenters. The van der Waals surface area contributed by atoms with Crippen molar-refractivity contribution in [1.29, 1.82) is 0 Å². The molecule has 0 unspecified atom stereocenters. The van der Waals surface area contributed by atoms with Crippen molar-refractivity contribution in [1.82, 2.24) is 5.32 Å². The van der Waals surface area contributed by atoms with E-state index in [2.05, 4.69) is 5.32 Å². The van der Waals surface area contributed by atoms with E-state index in [1.807, 2.05) is 0 Å². The second kappa shape index (κ2) is 5.65. The number of hydrogen-bond donors (Lipinski definition) is 2. The monoisotopic (exact) mass is 201 g/mol. The van der Waals surface area contributed by atoms with Crippen LogP contribution in [0, 0.1) is 0 Å². The summed E-state index contributed by atoms with van der Waals surface area (Å²) >= 11 is 0. The van der Waals surface area contributed by atoms with Crippen molar-refractivity contribution < 1.29 is 14.6 Å². The van der Waals surface area contributed by atoms with E-state index in [1.54, 1.807) is 33.8 Å². The van der Waals surface area contributed by atoms with Crippen LogP contribution in [0.5, 0.6) is 0 Å². The number of aliphatic hydroxyl groups is 1. The molecule has 0 aliphatic carbocycles. The van der Waals surface area contributed by atoms with Gasteiger partial charge in [-0.3, -0.25) is 0 Å². The molecule has 1 amide bonds. The van der Waals surface area contributed by atoms with Crippen LogP contribution in [-0.4, -0.2) is 30.0 Å². The average molecular weight is 201 g/mol. The Morgan fingerprint density at radius 3 is 2.50 bits per heavy atom. The fourth-order valence-electron chi connectivity index (χ4n) is 0.687. The highest BCUT2D eigenvalue weighted by Crippen LogP contribution is 2.06. The number of ether oxygens (including phenoxy) is 1. The minimum absolute atomic E-state index is 0.00992. The number of nitrogens with one attached hydrogen (secondary N) is 1. The minimum Gasteiger partial charge on any atom is -0.444 e. The number of amides is 1. The molecule has 82 valence electrons. The second-order valence-electron chi connectivity index (χ2n) is 4.09. The fraction of sp³-hybridized carbons (Fsp3) is 0.700. The molecule has 4 nitrogen and oxygen atoms in total. The fourth-order valence-corrected chi connectivity index (χ4v) is 0.687. The lowest BCUT2D eigenvalue weighted by Crippen LogP contribution is -2.32. The van der Waals surface area contributed by atoms with E-state index in [0.717, 1.165) is 5.57 Å². The Bertz CT molecular complexity index is 216. The van der Waals surface area contributed by atoms with Gasteiger partial charge in [0.2, 0.25) is 0 Å². The van der Waals surface area contributed by atoms with Gasteiger partial charge < -0.3 is 15.2 Å². The Morgan fingerprint density at radius 1 is 1.50 bits per heavy atom. The number of aliphatic hydroxyl groups excluding tert-OH is 1. The molecular weight excluding hydrogens is 182 g/mol. The van der Waals surface area contributed by atoms with Gasteiger partial charge in [0, 0.05) is 6.54 Å². The van der Waals surface area contributed by atoms with Crippen molar-refractivity contribution in [2.24, 2.45) is 0 Å². The lowest BCUT2D eigenvalue weighted by atomic mass is 10.2. The van der Waals surface area contributed by atoms with Gasteiger partial charge in [0.05, 0.1) is 6.61 Å². The Balaban J connectivity index is 3.76. The van der Waals surface area contributed by atoms with Gasteiger partial charge in [-0.15, -0.1) is 0 Å². The topological polar surface area (TPSA) is 58.6 Å². The molecule has 0 aliphatic heterocycles. The zero-order valence-corrected chi connectivity index (χ0v) is 9.26. The van der Waals surface area contributed by atoms with Crippen molar-refractivity contribution in [3.05, 3.63) is 11.6 Å². The van der Waals surface area contributed by atoms with Crippen LogP contribution in [0.25, 0.3) is 0 Å². The molecule has 0 aromatic rings. The van der Waals surface area contributed by atoms with Gasteiger partial charge in [0.25, 0.3) is 0 Å². The summed E-state index contributed by atoms with van der Waals surface area (Å²) < 4.78 is 5.01. The summed E-state index contributed by atoms with van der Waals surface area (Å²) in [5.74, 6) is 0. The van der Waals surface area contributed by atoms with Crippen molar-refractivity contribution >= 4 is 6.09 Å². The van der Waals surface area contributed by atoms with Crippen LogP contribution in [0.2, 0.25) is 0 Å². The molecular formula is C10H19NO3. The van der Waals surface area contributed by atoms with Crippen LogP contribution >= 0.6 is 0 Å². The molecule has 2 N–H and O–H groups in total. The van der Waals surface area contributed by atoms with E-state index in [4.69, 9.17) is 9.84 Å². The van der Waals surface area contributed by atoms with E-state index < -0.39 is 11.7 Å². The van der Waals surface area contributed by atoms with Crippen molar-refractivity contribution in [3.8, 4) is 0 Å². The van der Waals surface area contributed by atoms with Gasteiger partial charge in [-0.25, -0.2) is 4.79 Å². The maximum atomic E-state index is 11.1. The number of alkyl carbamates (subject to hydrolysis) is 1. The lowest BCUT2D eigenvalue weighted by Gasteiger charge is -2.19. The third-order valence-electron chi connectivity index (χ3n) is 1.35. The van der Waals surface area contributed by atoms with E-state index in [9.17, 15) is 4.79 Å². The van der Waals surface area contributed by atoms with E-state index in [-0.39, 0.29) is 6.61 Å². The number of hydrogen-bond acceptors (Lipinski definition) is 3. The first-order valence-electron chi connectivity index (χ1n) is 4.58. The van der Waals surface area contributed by atoms with Crippen LogP contribution in [0.4, 0.5) is 4.79 Å². The average Bonchev–Trinajstić information content (AvgIpc) is 2.00. The minimum atomic E-state index is -0.472. The number of rotatable bonds is 3. The van der Waals surface area contributed by atoms with Gasteiger partial charge >= 0.3 is 6.09 Å². The van der Waals surface area contributed by atoms with Crippen molar-refractivity contribution in [3.63, 3.8) is 0 Å². The normalized spacial score (nSPS) is 12.5. The van der Waals surface area contributed by atoms with E-state index in [0.29, 0.717) is 6.54 Å². The predicted molar refractivity (Wildman–Crippen MR) is 55.1 cm³/mol. The first kappa shape index (κ1) is 13.0. The maximum absolute atomic E-state index is 11.1. The second-order valence-corrected chi connectivity index (χ2v) is 4.09. The highest BCUT2D eigenvalue weighted by atomic mass is 16.6. The quantitative estimate of drug-likeness (QED) is 0.679. The van der Waals surface area contributed by atoms with Crippen LogP contribution < -0.4 is 5.32 Å². The zero-order chi connectivity index (χ0) is 11.2. The molecule has 0 radical (unpaired) electrons. The molecule has 0 aliphatic rings. The molecule has 14 heavy (non-hydrogen) atoms. The Labute approximate surface area is 85.0 Å². The molecule has 0 aromatic carbocycles. The standard InChI is InChI=1S/C10H19NO3/c1-8(7-12)5-6-11-9(13)14-10(2,3)4/h5,12H,6-7H2,1-4H3,(H,11,13)/b8-5+. The van der Waals surface area contributed by atoms with Gasteiger partial charge in [-0.1, -0.05) is 11.6 Å². The summed E-state index contributed by atoms with van der Waals surface area (Å²) in [7, 11) is 0. The molecule has 0 heterocycles. The largest absolute Gasteiger partial charge is 0.444 e. The summed E-state index contributed by atoms with van der Waals surface area (Å²) in [5.41, 5.74) is 0.348. The molecule has 0 aromatic heterocycles. The first-order valence-corrected chi connectivity index (χ1v) is 4.58. The Kier molecular flexibility index (Phi) is 5.23. The molecule has 0 spiro atoms. The molecule has 0 saturated carbocycles. The summed E-state index contributed by atoms with van der Waals surface area (Å²) in [5, 5.41) is 11.2. The highest BCUT2D eigenvalue weighted by Gasteiger charge is 2.14. The van der Waals surface area contributed by atoms with Crippen LogP contribution in [0.1, 0.15) is 27.7 Å². The molecule has 0 saturated heterocycles. The molecule has 0 rings (SSSR count). The first-order chi connectivity index (χ1) is 6.35. The van der Waals surface area contributed by atoms with Crippen molar-refractivity contribution in [2.45, 2.75) is 33.3 Å². The van der Waals surface area contributed by atoms with E-state index in [1.165, 1.54) is 0 Å². The summed E-state index contributed by atoms with van der Waals surface area (Å²) in [4.78, 5) is 11.1. The smallest absolute Gasteiger partial charge is 0.407 e. The van der Waals surface area contributed by atoms with E-state index >= 15 is 0 Å². The Morgan fingerprint density at radius 2 is 2.07 bits per heavy atom. The van der Waals surface area contributed by atoms with Gasteiger partial charge in [0.15, 0.2) is 0 Å². The van der Waals surface area contributed by atoms with Gasteiger partial charge in [-0.05, 0) is 27.7 Å². The van der Waals surface area contributed by atoms with Gasteiger partial charge in [-0.2, -0.15) is 0 Å². The highest BCUT2D eigenvalue weighted by molar-refractivity contribution is 5.67. The lowest BCUT2D eigenvalue weighted by molar-refractivity contribution is 0.0534. The van der Waals surface area contributed by atoms with Crippen LogP contribution in [-0.2, 0) is 4.74 Å². The predicted octanol–water partition coefficient (Wildman–Crippen LogP) is 1.45. The third kappa shape index (κ3) is 7.61. The summed E-state index contributed by atoms with van der Waals surface area (Å²) in [6.45, 7) is 7.60. The summed E-state index contributed by atoms with van der Waals surface area (Å²) in [6.07, 6.45) is 1.30. The van der Waals surface area contributed by atoms with Crippen molar-refractivity contribution in [2.75, 3.05) is 13.2 Å². The zero-order valence-electron chi connectivity index (χ0n) is 9.26. The van der Waals surface area contributed by atoms with Gasteiger partial charge in [0.1, 0.15) is 5.60 Å². The molecule has 4 heteroatoms. The molecule has 0 fully saturated rings. The number of carbonyl (C=O) groups is 1. The number of carbonyl (C=O) groups excluding carboxylic acids is 1. The molecule has 0 bridgehead atoms. The summed E-state index contributed by atoms with van der Waals surface area (Å²) in [6, 6.07) is 0. The van der Waals surface area contributed by atoms with Crippen LogP contribution in [0.3, 0.4) is 0 Å².